The number of hydrogen-bond donors (Lipinski definition) is 3. The highest BCUT2D eigenvalue weighted by molar-refractivity contribution is 7.80. The van der Waals surface area contributed by atoms with E-state index >= 15 is 0 Å². The summed E-state index contributed by atoms with van der Waals surface area (Å²) >= 11 is 3.91. The molecule has 0 rings (SSSR count). The van der Waals surface area contributed by atoms with Gasteiger partial charge in [-0.15, -0.1) is 0 Å². The van der Waals surface area contributed by atoms with Gasteiger partial charge in [0.2, 0.25) is 0 Å². The highest BCUT2D eigenvalue weighted by atomic mass is 32.1. The molecule has 0 amide bonds. The van der Waals surface area contributed by atoms with E-state index in [-0.39, 0.29) is 11.7 Å². The molecular weight excluding hydrogens is 140 g/mol. The van der Waals surface area contributed by atoms with Gasteiger partial charge in [0.05, 0.1) is 0 Å². The third-order valence-electron chi connectivity index (χ3n) is 0.849. The van der Waals surface area contributed by atoms with Gasteiger partial charge >= 0.3 is 5.97 Å². The molecule has 9 heavy (non-hydrogen) atoms. The third-order valence-corrected chi connectivity index (χ3v) is 1.06. The fraction of sp³-hybridized carbons (Fsp3) is 0.800. The molecular formula is C5H10O3S. The number of thiol groups is 1. The minimum Gasteiger partial charge on any atom is -0.479 e. The molecule has 2 unspecified atom stereocenters. The molecule has 0 bridgehead atoms. The van der Waals surface area contributed by atoms with Crippen LogP contribution in [0.25, 0.3) is 0 Å². The Bertz CT molecular complexity index is 102. The number of carboxylic acids is 1. The molecule has 0 saturated heterocycles. The molecule has 0 aliphatic rings. The molecule has 0 saturated carbocycles. The molecule has 0 radical (unpaired) electrons. The molecule has 0 aromatic carbocycles. The molecule has 3 nitrogen and oxygen atoms in total. The zero-order valence-corrected chi connectivity index (χ0v) is 6.01. The number of carboxylic acid groups (broad SMARTS) is 1. The van der Waals surface area contributed by atoms with Crippen LogP contribution >= 0.6 is 12.6 Å². The van der Waals surface area contributed by atoms with E-state index in [9.17, 15) is 4.79 Å². The highest BCUT2D eigenvalue weighted by Crippen LogP contribution is 2.03. The molecule has 0 aromatic heterocycles. The summed E-state index contributed by atoms with van der Waals surface area (Å²) in [6, 6.07) is 0. The number of carbonyl (C=O) groups is 1. The molecule has 0 fully saturated rings. The fourth-order valence-electron chi connectivity index (χ4n) is 0.424. The van der Waals surface area contributed by atoms with E-state index in [1.165, 1.54) is 0 Å². The topological polar surface area (TPSA) is 57.5 Å². The Morgan fingerprint density at radius 1 is 1.78 bits per heavy atom. The van der Waals surface area contributed by atoms with Crippen molar-refractivity contribution in [3.05, 3.63) is 0 Å². The van der Waals surface area contributed by atoms with Gasteiger partial charge < -0.3 is 10.2 Å². The first kappa shape index (κ1) is 8.78. The van der Waals surface area contributed by atoms with E-state index in [1.807, 2.05) is 0 Å². The molecule has 0 heterocycles. The van der Waals surface area contributed by atoms with Gasteiger partial charge in [0.25, 0.3) is 0 Å². The lowest BCUT2D eigenvalue weighted by molar-refractivity contribution is -0.146. The fourth-order valence-corrected chi connectivity index (χ4v) is 0.624. The van der Waals surface area contributed by atoms with Crippen molar-refractivity contribution in [1.29, 1.82) is 0 Å². The van der Waals surface area contributed by atoms with Gasteiger partial charge in [0, 0.05) is 5.25 Å². The lowest BCUT2D eigenvalue weighted by Crippen LogP contribution is -2.22. The van der Waals surface area contributed by atoms with Crippen LogP contribution in [0.4, 0.5) is 0 Å². The van der Waals surface area contributed by atoms with Gasteiger partial charge in [-0.3, -0.25) is 0 Å². The number of rotatable bonds is 3. The summed E-state index contributed by atoms with van der Waals surface area (Å²) in [5.41, 5.74) is 0. The molecule has 0 aliphatic heterocycles. The van der Waals surface area contributed by atoms with Gasteiger partial charge in [-0.25, -0.2) is 4.79 Å². The van der Waals surface area contributed by atoms with E-state index in [1.54, 1.807) is 6.92 Å². The van der Waals surface area contributed by atoms with Crippen LogP contribution in [0.3, 0.4) is 0 Å². The molecule has 4 heteroatoms. The standard InChI is InChI=1S/C5H10O3S/c1-3(9)2-4(6)5(7)8/h3-4,6,9H,2H2,1H3,(H,7,8). The van der Waals surface area contributed by atoms with Crippen molar-refractivity contribution in [2.24, 2.45) is 0 Å². The van der Waals surface area contributed by atoms with E-state index < -0.39 is 12.1 Å². The van der Waals surface area contributed by atoms with Crippen LogP contribution in [0.2, 0.25) is 0 Å². The number of hydrogen-bond acceptors (Lipinski definition) is 3. The monoisotopic (exact) mass is 150 g/mol. The van der Waals surface area contributed by atoms with Gasteiger partial charge in [-0.2, -0.15) is 12.6 Å². The van der Waals surface area contributed by atoms with Crippen LogP contribution in [-0.2, 0) is 4.79 Å². The number of aliphatic carboxylic acids is 1. The summed E-state index contributed by atoms with van der Waals surface area (Å²) < 4.78 is 0. The second-order valence-electron chi connectivity index (χ2n) is 1.94. The van der Waals surface area contributed by atoms with Crippen molar-refractivity contribution in [1.82, 2.24) is 0 Å². The average Bonchev–Trinajstić information content (AvgIpc) is 1.63. The van der Waals surface area contributed by atoms with E-state index in [4.69, 9.17) is 10.2 Å². The van der Waals surface area contributed by atoms with Crippen LogP contribution in [0, 0.1) is 0 Å². The van der Waals surface area contributed by atoms with Crippen molar-refractivity contribution in [3.63, 3.8) is 0 Å². The van der Waals surface area contributed by atoms with Crippen LogP contribution < -0.4 is 0 Å². The predicted molar refractivity (Wildman–Crippen MR) is 36.7 cm³/mol. The van der Waals surface area contributed by atoms with Crippen molar-refractivity contribution in [3.8, 4) is 0 Å². The van der Waals surface area contributed by atoms with E-state index in [0.717, 1.165) is 0 Å². The maximum atomic E-state index is 9.95. The quantitative estimate of drug-likeness (QED) is 0.501. The molecule has 0 aliphatic carbocycles. The highest BCUT2D eigenvalue weighted by Gasteiger charge is 2.14. The SMILES string of the molecule is CC(S)CC(O)C(=O)O. The van der Waals surface area contributed by atoms with Crippen molar-refractivity contribution < 1.29 is 15.0 Å². The largest absolute Gasteiger partial charge is 0.479 e. The Hall–Kier alpha value is -0.220. The lowest BCUT2D eigenvalue weighted by atomic mass is 10.2. The van der Waals surface area contributed by atoms with E-state index in [0.29, 0.717) is 0 Å². The summed E-state index contributed by atoms with van der Waals surface area (Å²) in [5.74, 6) is -1.18. The first-order valence-corrected chi connectivity index (χ1v) is 3.14. The minimum atomic E-state index is -1.27. The van der Waals surface area contributed by atoms with Gasteiger partial charge in [0.1, 0.15) is 0 Å². The summed E-state index contributed by atoms with van der Waals surface area (Å²) in [5, 5.41) is 16.7. The molecule has 2 atom stereocenters. The van der Waals surface area contributed by atoms with Crippen LogP contribution in [0.1, 0.15) is 13.3 Å². The Morgan fingerprint density at radius 2 is 2.22 bits per heavy atom. The van der Waals surface area contributed by atoms with Crippen molar-refractivity contribution in [2.45, 2.75) is 24.7 Å². The summed E-state index contributed by atoms with van der Waals surface area (Å²) in [6.45, 7) is 1.73. The number of aliphatic hydroxyl groups excluding tert-OH is 1. The summed E-state index contributed by atoms with van der Waals surface area (Å²) in [4.78, 5) is 9.95. The molecule has 2 N–H and O–H groups in total. The Labute approximate surface area is 59.1 Å². The second-order valence-corrected chi connectivity index (χ2v) is 2.82. The molecule has 0 spiro atoms. The van der Waals surface area contributed by atoms with Crippen molar-refractivity contribution in [2.75, 3.05) is 0 Å². The summed E-state index contributed by atoms with van der Waals surface area (Å²) in [7, 11) is 0. The Kier molecular flexibility index (Phi) is 3.65. The average molecular weight is 150 g/mol. The first-order chi connectivity index (χ1) is 4.04. The Morgan fingerprint density at radius 3 is 2.33 bits per heavy atom. The van der Waals surface area contributed by atoms with Gasteiger partial charge in [0.15, 0.2) is 6.10 Å². The smallest absolute Gasteiger partial charge is 0.332 e. The number of aliphatic hydroxyl groups is 1. The zero-order valence-electron chi connectivity index (χ0n) is 5.11. The normalized spacial score (nSPS) is 16.8. The van der Waals surface area contributed by atoms with E-state index in [2.05, 4.69) is 12.6 Å². The zero-order chi connectivity index (χ0) is 7.44. The van der Waals surface area contributed by atoms with Crippen LogP contribution in [0.15, 0.2) is 0 Å². The molecule has 54 valence electrons. The third kappa shape index (κ3) is 4.29. The summed E-state index contributed by atoms with van der Waals surface area (Å²) in [6.07, 6.45) is -1.07. The lowest BCUT2D eigenvalue weighted by Gasteiger charge is -2.05. The minimum absolute atomic E-state index is 0.0731. The Balaban J connectivity index is 3.50. The van der Waals surface area contributed by atoms with Crippen LogP contribution in [0.5, 0.6) is 0 Å². The second kappa shape index (κ2) is 3.74. The van der Waals surface area contributed by atoms with Crippen LogP contribution in [-0.4, -0.2) is 27.5 Å². The first-order valence-electron chi connectivity index (χ1n) is 2.63. The van der Waals surface area contributed by atoms with Gasteiger partial charge in [-0.1, -0.05) is 6.92 Å². The predicted octanol–water partition coefficient (Wildman–Crippen LogP) is 0.140. The molecule has 0 aromatic rings. The maximum Gasteiger partial charge on any atom is 0.332 e. The maximum absolute atomic E-state index is 9.95. The van der Waals surface area contributed by atoms with Gasteiger partial charge in [-0.05, 0) is 6.42 Å². The van der Waals surface area contributed by atoms with Crippen molar-refractivity contribution >= 4 is 18.6 Å².